The lowest BCUT2D eigenvalue weighted by Gasteiger charge is -2.34. The third kappa shape index (κ3) is 4.08. The molecule has 0 spiro atoms. The first kappa shape index (κ1) is 16.4. The summed E-state index contributed by atoms with van der Waals surface area (Å²) in [6, 6.07) is 11.6. The molecule has 24 heavy (non-hydrogen) atoms. The second-order valence-electron chi connectivity index (χ2n) is 5.92. The summed E-state index contributed by atoms with van der Waals surface area (Å²) in [5, 5.41) is 0. The van der Waals surface area contributed by atoms with Crippen LogP contribution in [-0.4, -0.2) is 60.5 Å². The fourth-order valence-corrected chi connectivity index (χ4v) is 2.84. The molecule has 0 radical (unpaired) electrons. The number of hydrogen-bond acceptors (Lipinski definition) is 5. The monoisotopic (exact) mass is 325 g/mol. The molecule has 1 aliphatic heterocycles. The average Bonchev–Trinajstić information content (AvgIpc) is 2.67. The largest absolute Gasteiger partial charge is 0.338 e. The van der Waals surface area contributed by atoms with Crippen LogP contribution >= 0.6 is 0 Å². The van der Waals surface area contributed by atoms with Crippen LogP contribution in [0.15, 0.2) is 48.8 Å². The fourth-order valence-electron chi connectivity index (χ4n) is 2.84. The number of carbonyl (C=O) groups is 1. The van der Waals surface area contributed by atoms with Gasteiger partial charge in [-0.15, -0.1) is 0 Å². The van der Waals surface area contributed by atoms with Crippen molar-refractivity contribution in [2.45, 2.75) is 6.42 Å². The number of amides is 1. The minimum absolute atomic E-state index is 0.148. The Bertz CT molecular complexity index is 641. The van der Waals surface area contributed by atoms with Crippen LogP contribution in [0.1, 0.15) is 6.42 Å². The molecule has 0 atom stereocenters. The summed E-state index contributed by atoms with van der Waals surface area (Å²) in [6.07, 6.45) is 4.08. The molecule has 0 saturated carbocycles. The van der Waals surface area contributed by atoms with Crippen molar-refractivity contribution in [2.75, 3.05) is 49.6 Å². The standard InChI is InChI=1S/C18H23N5O/c1-21(16-6-3-2-4-7-16)17(24)8-11-22-12-14-23(15-13-22)18-19-9-5-10-20-18/h2-7,9-10H,8,11-15H2,1H3. The summed E-state index contributed by atoms with van der Waals surface area (Å²) in [4.78, 5) is 27.2. The molecule has 2 heterocycles. The number of hydrogen-bond donors (Lipinski definition) is 0. The van der Waals surface area contributed by atoms with Crippen LogP contribution in [0.2, 0.25) is 0 Å². The third-order valence-corrected chi connectivity index (χ3v) is 4.37. The molecule has 6 nitrogen and oxygen atoms in total. The highest BCUT2D eigenvalue weighted by molar-refractivity contribution is 5.92. The lowest BCUT2D eigenvalue weighted by atomic mass is 10.2. The van der Waals surface area contributed by atoms with E-state index in [-0.39, 0.29) is 5.91 Å². The number of carbonyl (C=O) groups excluding carboxylic acids is 1. The number of benzene rings is 1. The quantitative estimate of drug-likeness (QED) is 0.837. The first-order valence-electron chi connectivity index (χ1n) is 8.30. The molecule has 0 unspecified atom stereocenters. The average molecular weight is 325 g/mol. The molecule has 126 valence electrons. The van der Waals surface area contributed by atoms with E-state index in [0.29, 0.717) is 6.42 Å². The van der Waals surface area contributed by atoms with Crippen LogP contribution < -0.4 is 9.80 Å². The van der Waals surface area contributed by atoms with Gasteiger partial charge < -0.3 is 9.80 Å². The Balaban J connectivity index is 1.44. The highest BCUT2D eigenvalue weighted by atomic mass is 16.2. The van der Waals surface area contributed by atoms with Crippen LogP contribution in [0, 0.1) is 0 Å². The van der Waals surface area contributed by atoms with Gasteiger partial charge in [-0.1, -0.05) is 18.2 Å². The van der Waals surface area contributed by atoms with Gasteiger partial charge >= 0.3 is 0 Å². The van der Waals surface area contributed by atoms with Crippen LogP contribution in [-0.2, 0) is 4.79 Å². The molecule has 1 aromatic carbocycles. The first-order valence-corrected chi connectivity index (χ1v) is 8.30. The number of anilines is 2. The van der Waals surface area contributed by atoms with Gasteiger partial charge in [0.05, 0.1) is 0 Å². The zero-order valence-corrected chi connectivity index (χ0v) is 14.0. The van der Waals surface area contributed by atoms with Gasteiger partial charge in [-0.25, -0.2) is 9.97 Å². The van der Waals surface area contributed by atoms with E-state index < -0.39 is 0 Å². The zero-order chi connectivity index (χ0) is 16.8. The molecule has 1 saturated heterocycles. The molecule has 1 fully saturated rings. The Morgan fingerprint density at radius 1 is 1.04 bits per heavy atom. The van der Waals surface area contributed by atoms with Gasteiger partial charge in [-0.2, -0.15) is 0 Å². The third-order valence-electron chi connectivity index (χ3n) is 4.37. The van der Waals surface area contributed by atoms with Gasteiger partial charge in [0.25, 0.3) is 0 Å². The molecule has 1 aromatic heterocycles. The molecule has 0 bridgehead atoms. The summed E-state index contributed by atoms with van der Waals surface area (Å²) >= 11 is 0. The Morgan fingerprint density at radius 3 is 2.38 bits per heavy atom. The van der Waals surface area contributed by atoms with Crippen LogP contribution in [0.25, 0.3) is 0 Å². The van der Waals surface area contributed by atoms with Crippen molar-refractivity contribution in [3.05, 3.63) is 48.8 Å². The first-order chi connectivity index (χ1) is 11.7. The maximum Gasteiger partial charge on any atom is 0.228 e. The summed E-state index contributed by atoms with van der Waals surface area (Å²) in [5.41, 5.74) is 0.938. The Hall–Kier alpha value is -2.47. The normalized spacial score (nSPS) is 15.3. The van der Waals surface area contributed by atoms with Crippen LogP contribution in [0.4, 0.5) is 11.6 Å². The van der Waals surface area contributed by atoms with E-state index in [1.165, 1.54) is 0 Å². The van der Waals surface area contributed by atoms with Crippen molar-refractivity contribution < 1.29 is 4.79 Å². The fraction of sp³-hybridized carbons (Fsp3) is 0.389. The molecule has 1 aliphatic rings. The lowest BCUT2D eigenvalue weighted by molar-refractivity contribution is -0.118. The Kier molecular flexibility index (Phi) is 5.38. The van der Waals surface area contributed by atoms with Gasteiger partial charge in [0.15, 0.2) is 0 Å². The van der Waals surface area contributed by atoms with Gasteiger partial charge in [0.2, 0.25) is 11.9 Å². The van der Waals surface area contributed by atoms with Crippen LogP contribution in [0.5, 0.6) is 0 Å². The van der Waals surface area contributed by atoms with E-state index >= 15 is 0 Å². The molecule has 0 aliphatic carbocycles. The minimum atomic E-state index is 0.148. The molecule has 2 aromatic rings. The maximum absolute atomic E-state index is 12.3. The van der Waals surface area contributed by atoms with Crippen molar-refractivity contribution in [3.63, 3.8) is 0 Å². The Morgan fingerprint density at radius 2 is 1.71 bits per heavy atom. The van der Waals surface area contributed by atoms with Crippen molar-refractivity contribution >= 4 is 17.5 Å². The van der Waals surface area contributed by atoms with E-state index in [9.17, 15) is 4.79 Å². The number of aromatic nitrogens is 2. The number of rotatable bonds is 5. The second kappa shape index (κ2) is 7.88. The van der Waals surface area contributed by atoms with E-state index in [1.807, 2.05) is 43.4 Å². The molecule has 0 N–H and O–H groups in total. The molecular weight excluding hydrogens is 302 g/mol. The highest BCUT2D eigenvalue weighted by Gasteiger charge is 2.20. The molecule has 3 rings (SSSR count). The van der Waals surface area contributed by atoms with E-state index in [2.05, 4.69) is 19.8 Å². The molecule has 1 amide bonds. The maximum atomic E-state index is 12.3. The smallest absolute Gasteiger partial charge is 0.228 e. The summed E-state index contributed by atoms with van der Waals surface area (Å²) in [5.74, 6) is 0.937. The van der Waals surface area contributed by atoms with Crippen molar-refractivity contribution in [1.29, 1.82) is 0 Å². The molecule has 6 heteroatoms. The number of nitrogens with zero attached hydrogens (tertiary/aromatic N) is 5. The number of para-hydroxylation sites is 1. The van der Waals surface area contributed by atoms with Gasteiger partial charge in [0, 0.05) is 64.3 Å². The van der Waals surface area contributed by atoms with E-state index in [4.69, 9.17) is 0 Å². The minimum Gasteiger partial charge on any atom is -0.338 e. The summed E-state index contributed by atoms with van der Waals surface area (Å²) in [7, 11) is 1.84. The highest BCUT2D eigenvalue weighted by Crippen LogP contribution is 2.13. The van der Waals surface area contributed by atoms with Gasteiger partial charge in [0.1, 0.15) is 0 Å². The Labute approximate surface area is 142 Å². The van der Waals surface area contributed by atoms with Gasteiger partial charge in [-0.3, -0.25) is 9.69 Å². The SMILES string of the molecule is CN(C(=O)CCN1CCN(c2ncccn2)CC1)c1ccccc1. The van der Waals surface area contributed by atoms with Gasteiger partial charge in [-0.05, 0) is 18.2 Å². The van der Waals surface area contributed by atoms with E-state index in [0.717, 1.165) is 44.4 Å². The predicted octanol–water partition coefficient (Wildman–Crippen LogP) is 1.65. The van der Waals surface area contributed by atoms with Crippen molar-refractivity contribution in [1.82, 2.24) is 14.9 Å². The lowest BCUT2D eigenvalue weighted by Crippen LogP contribution is -2.47. The zero-order valence-electron chi connectivity index (χ0n) is 14.0. The number of piperazine rings is 1. The molecular formula is C18H23N5O. The topological polar surface area (TPSA) is 52.6 Å². The van der Waals surface area contributed by atoms with Crippen molar-refractivity contribution in [3.8, 4) is 0 Å². The summed E-state index contributed by atoms with van der Waals surface area (Å²) < 4.78 is 0. The summed E-state index contributed by atoms with van der Waals surface area (Å²) in [6.45, 7) is 4.44. The van der Waals surface area contributed by atoms with Crippen LogP contribution in [0.3, 0.4) is 0 Å². The van der Waals surface area contributed by atoms with Crippen molar-refractivity contribution in [2.24, 2.45) is 0 Å². The second-order valence-corrected chi connectivity index (χ2v) is 5.92. The predicted molar refractivity (Wildman–Crippen MR) is 95.2 cm³/mol. The van der Waals surface area contributed by atoms with E-state index in [1.54, 1.807) is 17.3 Å².